The van der Waals surface area contributed by atoms with Crippen LogP contribution in [0.15, 0.2) is 18.2 Å². The summed E-state index contributed by atoms with van der Waals surface area (Å²) >= 11 is 0. The molecule has 1 amide bonds. The zero-order valence-electron chi connectivity index (χ0n) is 14.4. The number of benzene rings is 1. The van der Waals surface area contributed by atoms with Gasteiger partial charge in [0.15, 0.2) is 11.5 Å². The number of ether oxygens (including phenoxy) is 2. The van der Waals surface area contributed by atoms with Crippen molar-refractivity contribution >= 4 is 5.91 Å². The van der Waals surface area contributed by atoms with Crippen molar-refractivity contribution in [3.05, 3.63) is 23.8 Å². The predicted molar refractivity (Wildman–Crippen MR) is 91.3 cm³/mol. The predicted octanol–water partition coefficient (Wildman–Crippen LogP) is 2.60. The van der Waals surface area contributed by atoms with E-state index in [2.05, 4.69) is 24.5 Å². The van der Waals surface area contributed by atoms with Crippen LogP contribution in [0.4, 0.5) is 0 Å². The number of piperidine rings is 1. The summed E-state index contributed by atoms with van der Waals surface area (Å²) in [5.41, 5.74) is 0.614. The Balaban J connectivity index is 2.08. The van der Waals surface area contributed by atoms with Crippen LogP contribution in [0.25, 0.3) is 0 Å². The highest BCUT2D eigenvalue weighted by Crippen LogP contribution is 2.29. The first-order valence-corrected chi connectivity index (χ1v) is 8.56. The van der Waals surface area contributed by atoms with Gasteiger partial charge in [-0.25, -0.2) is 0 Å². The van der Waals surface area contributed by atoms with Gasteiger partial charge in [0.2, 0.25) is 0 Å². The lowest BCUT2D eigenvalue weighted by Gasteiger charge is -2.30. The van der Waals surface area contributed by atoms with Crippen molar-refractivity contribution in [2.45, 2.75) is 39.7 Å². The summed E-state index contributed by atoms with van der Waals surface area (Å²) < 4.78 is 11.3. The lowest BCUT2D eigenvalue weighted by atomic mass is 9.95. The molecular weight excluding hydrogens is 292 g/mol. The second-order valence-corrected chi connectivity index (χ2v) is 5.99. The van der Waals surface area contributed by atoms with Gasteiger partial charge in [-0.05, 0) is 57.0 Å². The van der Waals surface area contributed by atoms with Crippen LogP contribution in [-0.2, 0) is 0 Å². The molecule has 1 aromatic rings. The smallest absolute Gasteiger partial charge is 0.251 e. The van der Waals surface area contributed by atoms with Crippen molar-refractivity contribution in [2.75, 3.05) is 26.3 Å². The average Bonchev–Trinajstić information content (AvgIpc) is 2.56. The molecule has 128 valence electrons. The standard InChI is InChI=1S/C18H28N2O3/c1-4-10-23-16-7-6-14(11-17(16)22-5-2)18(21)20-15-8-9-19-12-13(15)3/h6-7,11,13,15,19H,4-5,8-10,12H2,1-3H3,(H,20,21). The first-order chi connectivity index (χ1) is 11.2. The number of nitrogens with one attached hydrogen (secondary N) is 2. The second kappa shape index (κ2) is 8.77. The molecule has 5 nitrogen and oxygen atoms in total. The van der Waals surface area contributed by atoms with Crippen molar-refractivity contribution in [2.24, 2.45) is 5.92 Å². The lowest BCUT2D eigenvalue weighted by Crippen LogP contribution is -2.48. The molecular formula is C18H28N2O3. The molecule has 2 rings (SSSR count). The van der Waals surface area contributed by atoms with Crippen LogP contribution in [0.2, 0.25) is 0 Å². The minimum absolute atomic E-state index is 0.0493. The van der Waals surface area contributed by atoms with E-state index in [4.69, 9.17) is 9.47 Å². The highest BCUT2D eigenvalue weighted by Gasteiger charge is 2.23. The van der Waals surface area contributed by atoms with E-state index in [1.807, 2.05) is 13.0 Å². The number of amides is 1. The normalized spacial score (nSPS) is 20.8. The van der Waals surface area contributed by atoms with E-state index in [-0.39, 0.29) is 11.9 Å². The summed E-state index contributed by atoms with van der Waals surface area (Å²) in [7, 11) is 0. The monoisotopic (exact) mass is 320 g/mol. The molecule has 0 radical (unpaired) electrons. The molecule has 0 spiro atoms. The van der Waals surface area contributed by atoms with E-state index in [9.17, 15) is 4.79 Å². The Kier molecular flexibility index (Phi) is 6.71. The maximum atomic E-state index is 12.5. The third kappa shape index (κ3) is 4.86. The molecule has 1 aromatic carbocycles. The van der Waals surface area contributed by atoms with Gasteiger partial charge >= 0.3 is 0 Å². The number of carbonyl (C=O) groups is 1. The maximum absolute atomic E-state index is 12.5. The van der Waals surface area contributed by atoms with Gasteiger partial charge in [0, 0.05) is 11.6 Å². The number of carbonyl (C=O) groups excluding carboxylic acids is 1. The van der Waals surface area contributed by atoms with Crippen LogP contribution in [0.3, 0.4) is 0 Å². The first kappa shape index (κ1) is 17.6. The van der Waals surface area contributed by atoms with Gasteiger partial charge in [0.25, 0.3) is 5.91 Å². The number of hydrogen-bond acceptors (Lipinski definition) is 4. The third-order valence-electron chi connectivity index (χ3n) is 4.07. The molecule has 0 aliphatic carbocycles. The molecule has 1 fully saturated rings. The Bertz CT molecular complexity index is 519. The molecule has 1 aliphatic rings. The summed E-state index contributed by atoms with van der Waals surface area (Å²) in [5, 5.41) is 6.48. The summed E-state index contributed by atoms with van der Waals surface area (Å²) in [5.74, 6) is 1.71. The Labute approximate surface area is 138 Å². The number of hydrogen-bond donors (Lipinski definition) is 2. The van der Waals surface area contributed by atoms with E-state index in [1.54, 1.807) is 12.1 Å². The van der Waals surface area contributed by atoms with Gasteiger partial charge in [-0.15, -0.1) is 0 Å². The fraction of sp³-hybridized carbons (Fsp3) is 0.611. The van der Waals surface area contributed by atoms with Crippen LogP contribution in [0.5, 0.6) is 11.5 Å². The van der Waals surface area contributed by atoms with E-state index >= 15 is 0 Å². The van der Waals surface area contributed by atoms with E-state index in [0.717, 1.165) is 25.9 Å². The van der Waals surface area contributed by atoms with Crippen molar-refractivity contribution in [3.8, 4) is 11.5 Å². The Morgan fingerprint density at radius 3 is 2.83 bits per heavy atom. The van der Waals surface area contributed by atoms with Gasteiger partial charge in [-0.3, -0.25) is 4.79 Å². The van der Waals surface area contributed by atoms with Crippen molar-refractivity contribution in [3.63, 3.8) is 0 Å². The topological polar surface area (TPSA) is 59.6 Å². The molecule has 23 heavy (non-hydrogen) atoms. The zero-order chi connectivity index (χ0) is 16.7. The third-order valence-corrected chi connectivity index (χ3v) is 4.07. The quantitative estimate of drug-likeness (QED) is 0.811. The minimum atomic E-state index is -0.0493. The molecule has 1 aliphatic heterocycles. The highest BCUT2D eigenvalue weighted by atomic mass is 16.5. The van der Waals surface area contributed by atoms with Crippen molar-refractivity contribution in [1.29, 1.82) is 0 Å². The van der Waals surface area contributed by atoms with Crippen molar-refractivity contribution < 1.29 is 14.3 Å². The molecule has 0 saturated carbocycles. The Morgan fingerprint density at radius 2 is 2.13 bits per heavy atom. The molecule has 2 unspecified atom stereocenters. The highest BCUT2D eigenvalue weighted by molar-refractivity contribution is 5.95. The second-order valence-electron chi connectivity index (χ2n) is 5.99. The van der Waals surface area contributed by atoms with Crippen molar-refractivity contribution in [1.82, 2.24) is 10.6 Å². The van der Waals surface area contributed by atoms with Gasteiger partial charge in [-0.1, -0.05) is 13.8 Å². The van der Waals surface area contributed by atoms with Gasteiger partial charge < -0.3 is 20.1 Å². The summed E-state index contributed by atoms with van der Waals surface area (Å²) in [6.07, 6.45) is 1.89. The summed E-state index contributed by atoms with van der Waals surface area (Å²) in [6.45, 7) is 9.21. The molecule has 5 heteroatoms. The van der Waals surface area contributed by atoms with Crippen LogP contribution >= 0.6 is 0 Å². The Morgan fingerprint density at radius 1 is 1.30 bits per heavy atom. The average molecular weight is 320 g/mol. The Hall–Kier alpha value is -1.75. The molecule has 2 N–H and O–H groups in total. The minimum Gasteiger partial charge on any atom is -0.490 e. The molecule has 0 aromatic heterocycles. The van der Waals surface area contributed by atoms with E-state index in [1.165, 1.54) is 0 Å². The molecule has 1 heterocycles. The molecule has 0 bridgehead atoms. The largest absolute Gasteiger partial charge is 0.490 e. The van der Waals surface area contributed by atoms with Gasteiger partial charge in [-0.2, -0.15) is 0 Å². The maximum Gasteiger partial charge on any atom is 0.251 e. The van der Waals surface area contributed by atoms with Crippen LogP contribution in [0, 0.1) is 5.92 Å². The van der Waals surface area contributed by atoms with Gasteiger partial charge in [0.1, 0.15) is 0 Å². The van der Waals surface area contributed by atoms with Crippen LogP contribution < -0.4 is 20.1 Å². The molecule has 2 atom stereocenters. The number of rotatable bonds is 7. The van der Waals surface area contributed by atoms with E-state index in [0.29, 0.717) is 36.2 Å². The first-order valence-electron chi connectivity index (χ1n) is 8.56. The summed E-state index contributed by atoms with van der Waals surface area (Å²) in [4.78, 5) is 12.5. The van der Waals surface area contributed by atoms with Crippen LogP contribution in [-0.4, -0.2) is 38.3 Å². The lowest BCUT2D eigenvalue weighted by molar-refractivity contribution is 0.0913. The molecule has 1 saturated heterocycles. The van der Waals surface area contributed by atoms with E-state index < -0.39 is 0 Å². The fourth-order valence-electron chi connectivity index (χ4n) is 2.73. The van der Waals surface area contributed by atoms with Crippen LogP contribution in [0.1, 0.15) is 44.0 Å². The fourth-order valence-corrected chi connectivity index (χ4v) is 2.73. The SMILES string of the molecule is CCCOc1ccc(C(=O)NC2CCNCC2C)cc1OCC. The summed E-state index contributed by atoms with van der Waals surface area (Å²) in [6, 6.07) is 5.61. The zero-order valence-corrected chi connectivity index (χ0v) is 14.4. The van der Waals surface area contributed by atoms with Gasteiger partial charge in [0.05, 0.1) is 13.2 Å².